The molecular weight excluding hydrogens is 420 g/mol. The van der Waals surface area contributed by atoms with E-state index in [-0.39, 0.29) is 13.4 Å². The highest BCUT2D eigenvalue weighted by atomic mass is 16.7. The van der Waals surface area contributed by atoms with Crippen molar-refractivity contribution in [3.63, 3.8) is 0 Å². The van der Waals surface area contributed by atoms with Gasteiger partial charge in [0.25, 0.3) is 0 Å². The summed E-state index contributed by atoms with van der Waals surface area (Å²) in [5, 5.41) is 0. The van der Waals surface area contributed by atoms with E-state index in [0.717, 1.165) is 0 Å². The van der Waals surface area contributed by atoms with Crippen molar-refractivity contribution in [2.75, 3.05) is 48.9 Å². The van der Waals surface area contributed by atoms with Crippen LogP contribution in [0.5, 0.6) is 34.5 Å². The summed E-state index contributed by atoms with van der Waals surface area (Å²) in [5.41, 5.74) is 1.69. The first-order chi connectivity index (χ1) is 15.6. The predicted octanol–water partition coefficient (Wildman–Crippen LogP) is 3.04. The Morgan fingerprint density at radius 2 is 1.38 bits per heavy atom. The third-order valence-corrected chi connectivity index (χ3v) is 5.45. The monoisotopic (exact) mass is 444 g/mol. The number of hydrogen-bond donors (Lipinski definition) is 0. The van der Waals surface area contributed by atoms with Gasteiger partial charge in [0.1, 0.15) is 18.1 Å². The zero-order chi connectivity index (χ0) is 22.8. The van der Waals surface area contributed by atoms with Crippen LogP contribution in [0.4, 0.5) is 0 Å². The molecule has 4 rings (SSSR count). The molecule has 0 saturated carbocycles. The number of rotatable bonds is 8. The summed E-state index contributed by atoms with van der Waals surface area (Å²) in [5.74, 6) is 2.23. The molecule has 0 aliphatic carbocycles. The number of cyclic esters (lactones) is 1. The van der Waals surface area contributed by atoms with Gasteiger partial charge in [-0.15, -0.1) is 0 Å². The lowest BCUT2D eigenvalue weighted by Crippen LogP contribution is -2.14. The van der Waals surface area contributed by atoms with Crippen LogP contribution in [0.1, 0.15) is 17.0 Å². The Morgan fingerprint density at radius 1 is 0.750 bits per heavy atom. The molecular formula is C23H24O9. The topological polar surface area (TPSA) is 90.9 Å². The minimum Gasteiger partial charge on any atom is -0.497 e. The van der Waals surface area contributed by atoms with E-state index >= 15 is 0 Å². The molecule has 32 heavy (non-hydrogen) atoms. The number of hydrogen-bond acceptors (Lipinski definition) is 9. The lowest BCUT2D eigenvalue weighted by atomic mass is 9.83. The quantitative estimate of drug-likeness (QED) is 0.570. The molecule has 1 atom stereocenters. The number of esters is 1. The van der Waals surface area contributed by atoms with Gasteiger partial charge in [0.2, 0.25) is 12.5 Å². The Bertz CT molecular complexity index is 1050. The lowest BCUT2D eigenvalue weighted by Gasteiger charge is -2.23. The van der Waals surface area contributed by atoms with Crippen LogP contribution in [0.25, 0.3) is 0 Å². The van der Waals surface area contributed by atoms with Crippen molar-refractivity contribution < 1.29 is 42.7 Å². The van der Waals surface area contributed by atoms with E-state index in [1.54, 1.807) is 31.4 Å². The molecule has 0 N–H and O–H groups in total. The fourth-order valence-electron chi connectivity index (χ4n) is 3.96. The highest BCUT2D eigenvalue weighted by Gasteiger charge is 2.38. The van der Waals surface area contributed by atoms with Crippen LogP contribution < -0.4 is 28.4 Å². The minimum absolute atomic E-state index is 0.0401. The van der Waals surface area contributed by atoms with Crippen molar-refractivity contribution in [2.24, 2.45) is 0 Å². The van der Waals surface area contributed by atoms with Crippen molar-refractivity contribution in [3.8, 4) is 34.5 Å². The number of fused-ring (bicyclic) bond motifs is 1. The SMILES string of the molecule is COC1=C([C@H](c2cc(OC)c(OC)c(OC)c2)c2cc3c(cc2OC)OCO3)C(=O)OC1. The smallest absolute Gasteiger partial charge is 0.338 e. The van der Waals surface area contributed by atoms with Crippen molar-refractivity contribution in [1.29, 1.82) is 0 Å². The van der Waals surface area contributed by atoms with E-state index in [1.807, 2.05) is 0 Å². The second-order valence-corrected chi connectivity index (χ2v) is 6.96. The molecule has 0 amide bonds. The maximum absolute atomic E-state index is 12.9. The Morgan fingerprint density at radius 3 is 1.94 bits per heavy atom. The molecule has 2 aliphatic rings. The molecule has 2 aromatic carbocycles. The molecule has 0 radical (unpaired) electrons. The number of carbonyl (C=O) groups is 1. The fraction of sp³-hybridized carbons (Fsp3) is 0.348. The summed E-state index contributed by atoms with van der Waals surface area (Å²) in [7, 11) is 7.63. The summed E-state index contributed by atoms with van der Waals surface area (Å²) in [4.78, 5) is 12.9. The lowest BCUT2D eigenvalue weighted by molar-refractivity contribution is -0.136. The van der Waals surface area contributed by atoms with Crippen LogP contribution in [0.3, 0.4) is 0 Å². The Kier molecular flexibility index (Phi) is 5.89. The molecule has 0 aromatic heterocycles. The van der Waals surface area contributed by atoms with Gasteiger partial charge < -0.3 is 37.9 Å². The van der Waals surface area contributed by atoms with E-state index in [4.69, 9.17) is 37.9 Å². The summed E-state index contributed by atoms with van der Waals surface area (Å²) in [6.07, 6.45) is 0. The molecule has 0 bridgehead atoms. The first-order valence-electron chi connectivity index (χ1n) is 9.77. The largest absolute Gasteiger partial charge is 0.497 e. The second-order valence-electron chi connectivity index (χ2n) is 6.96. The average Bonchev–Trinajstić information content (AvgIpc) is 3.43. The third-order valence-electron chi connectivity index (χ3n) is 5.45. The van der Waals surface area contributed by atoms with Gasteiger partial charge in [-0.05, 0) is 23.8 Å². The molecule has 2 aliphatic heterocycles. The maximum Gasteiger partial charge on any atom is 0.338 e. The van der Waals surface area contributed by atoms with Crippen LogP contribution >= 0.6 is 0 Å². The van der Waals surface area contributed by atoms with E-state index in [0.29, 0.717) is 57.0 Å². The molecule has 9 nitrogen and oxygen atoms in total. The van der Waals surface area contributed by atoms with Gasteiger partial charge in [-0.1, -0.05) is 0 Å². The van der Waals surface area contributed by atoms with Crippen LogP contribution in [0.15, 0.2) is 35.6 Å². The van der Waals surface area contributed by atoms with E-state index in [9.17, 15) is 4.79 Å². The zero-order valence-corrected chi connectivity index (χ0v) is 18.5. The van der Waals surface area contributed by atoms with Gasteiger partial charge in [-0.25, -0.2) is 4.79 Å². The number of methoxy groups -OCH3 is 5. The van der Waals surface area contributed by atoms with Gasteiger partial charge in [0.15, 0.2) is 23.0 Å². The highest BCUT2D eigenvalue weighted by Crippen LogP contribution is 2.49. The molecule has 2 aromatic rings. The number of benzene rings is 2. The van der Waals surface area contributed by atoms with Crippen molar-refractivity contribution >= 4 is 5.97 Å². The highest BCUT2D eigenvalue weighted by molar-refractivity contribution is 5.94. The van der Waals surface area contributed by atoms with Crippen molar-refractivity contribution in [3.05, 3.63) is 46.7 Å². The van der Waals surface area contributed by atoms with Gasteiger partial charge in [0.05, 0.1) is 41.1 Å². The first kappa shape index (κ1) is 21.5. The van der Waals surface area contributed by atoms with E-state index in [2.05, 4.69) is 0 Å². The molecule has 0 spiro atoms. The zero-order valence-electron chi connectivity index (χ0n) is 18.5. The van der Waals surface area contributed by atoms with Crippen molar-refractivity contribution in [1.82, 2.24) is 0 Å². The second kappa shape index (κ2) is 8.78. The Balaban J connectivity index is 2.01. The normalized spacial score (nSPS) is 15.3. The number of ether oxygens (including phenoxy) is 8. The molecule has 170 valence electrons. The molecule has 2 heterocycles. The number of carbonyl (C=O) groups excluding carboxylic acids is 1. The Labute approximate surface area is 185 Å². The molecule has 0 unspecified atom stereocenters. The fourth-order valence-corrected chi connectivity index (χ4v) is 3.96. The maximum atomic E-state index is 12.9. The van der Waals surface area contributed by atoms with Crippen LogP contribution in [0.2, 0.25) is 0 Å². The van der Waals surface area contributed by atoms with Crippen molar-refractivity contribution in [2.45, 2.75) is 5.92 Å². The summed E-state index contributed by atoms with van der Waals surface area (Å²) < 4.78 is 44.0. The first-order valence-corrected chi connectivity index (χ1v) is 9.77. The Hall–Kier alpha value is -3.75. The predicted molar refractivity (Wildman–Crippen MR) is 112 cm³/mol. The van der Waals surface area contributed by atoms with E-state index < -0.39 is 11.9 Å². The van der Waals surface area contributed by atoms with E-state index in [1.165, 1.54) is 28.4 Å². The summed E-state index contributed by atoms with van der Waals surface area (Å²) in [6, 6.07) is 7.08. The van der Waals surface area contributed by atoms with Gasteiger partial charge in [-0.2, -0.15) is 0 Å². The average molecular weight is 444 g/mol. The van der Waals surface area contributed by atoms with Gasteiger partial charge >= 0.3 is 5.97 Å². The van der Waals surface area contributed by atoms with Crippen LogP contribution in [-0.4, -0.2) is 54.9 Å². The summed E-state index contributed by atoms with van der Waals surface area (Å²) >= 11 is 0. The summed E-state index contributed by atoms with van der Waals surface area (Å²) in [6.45, 7) is 0.142. The van der Waals surface area contributed by atoms with Crippen LogP contribution in [-0.2, 0) is 14.3 Å². The molecule has 9 heteroatoms. The van der Waals surface area contributed by atoms with Gasteiger partial charge in [-0.3, -0.25) is 0 Å². The third kappa shape index (κ3) is 3.49. The van der Waals surface area contributed by atoms with Crippen LogP contribution in [0, 0.1) is 0 Å². The minimum atomic E-state index is -0.641. The molecule has 0 fully saturated rings. The standard InChI is InChI=1S/C23H24O9/c1-25-14-9-16-15(31-11-32-16)8-13(14)20(21-19(28-4)10-30-23(21)24)12-6-17(26-2)22(29-5)18(7-12)27-3/h6-9,20H,10-11H2,1-5H3/t20-/m1/s1. The van der Waals surface area contributed by atoms with Gasteiger partial charge in [0, 0.05) is 17.5 Å². The molecule has 0 saturated heterocycles.